The van der Waals surface area contributed by atoms with Crippen LogP contribution in [0.4, 0.5) is 5.69 Å². The number of nitrogens with one attached hydrogen (secondary N) is 1. The van der Waals surface area contributed by atoms with Gasteiger partial charge in [0.05, 0.1) is 18.4 Å². The Hall–Kier alpha value is -1.13. The highest BCUT2D eigenvalue weighted by Gasteiger charge is 2.23. The van der Waals surface area contributed by atoms with Crippen molar-refractivity contribution in [3.8, 4) is 0 Å². The van der Waals surface area contributed by atoms with Crippen LogP contribution in [0.5, 0.6) is 0 Å². The van der Waals surface area contributed by atoms with E-state index in [-0.39, 0.29) is 0 Å². The van der Waals surface area contributed by atoms with Crippen LogP contribution >= 0.6 is 0 Å². The first-order valence-corrected chi connectivity index (χ1v) is 6.73. The lowest BCUT2D eigenvalue weighted by atomic mass is 10.2. The van der Waals surface area contributed by atoms with E-state index in [9.17, 15) is 0 Å². The number of nitrogens with zero attached hydrogens (tertiary/aromatic N) is 2. The van der Waals surface area contributed by atoms with E-state index in [1.54, 1.807) is 0 Å². The number of aromatic nitrogens is 1. The third-order valence-electron chi connectivity index (χ3n) is 3.30. The van der Waals surface area contributed by atoms with Crippen LogP contribution in [0, 0.1) is 0 Å². The molecule has 0 aromatic carbocycles. The molecular weight excluding hydrogens is 226 g/mol. The molecule has 1 aromatic heterocycles. The van der Waals surface area contributed by atoms with Crippen LogP contribution in [-0.2, 0) is 11.3 Å². The van der Waals surface area contributed by atoms with Gasteiger partial charge in [0.15, 0.2) is 0 Å². The van der Waals surface area contributed by atoms with Crippen LogP contribution in [-0.4, -0.2) is 41.7 Å². The molecule has 1 fully saturated rings. The second-order valence-electron chi connectivity index (χ2n) is 4.99. The van der Waals surface area contributed by atoms with Crippen LogP contribution < -0.4 is 5.32 Å². The summed E-state index contributed by atoms with van der Waals surface area (Å²) in [5, 5.41) is 3.32. The third-order valence-corrected chi connectivity index (χ3v) is 3.30. The fraction of sp³-hybridized carbons (Fsp3) is 0.643. The van der Waals surface area contributed by atoms with Crippen LogP contribution in [0.15, 0.2) is 18.3 Å². The maximum absolute atomic E-state index is 5.65. The predicted molar refractivity (Wildman–Crippen MR) is 73.7 cm³/mol. The number of anilines is 1. The first-order valence-electron chi connectivity index (χ1n) is 6.73. The average Bonchev–Trinajstić information content (AvgIpc) is 2.35. The van der Waals surface area contributed by atoms with E-state index in [4.69, 9.17) is 4.74 Å². The summed E-state index contributed by atoms with van der Waals surface area (Å²) in [5.41, 5.74) is 2.27. The summed E-state index contributed by atoms with van der Waals surface area (Å²) < 4.78 is 5.65. The van der Waals surface area contributed by atoms with Crippen molar-refractivity contribution in [3.05, 3.63) is 24.0 Å². The maximum Gasteiger partial charge on any atom is 0.0674 e. The standard InChI is InChI=1S/C14H23N3O/c1-4-15-13-5-6-16-14(7-13)9-17-8-12(3)18-10-11(17)2/h5-7,11-12H,4,8-10H2,1-3H3,(H,15,16). The Morgan fingerprint density at radius 3 is 3.11 bits per heavy atom. The molecule has 2 unspecified atom stereocenters. The van der Waals surface area contributed by atoms with Gasteiger partial charge in [-0.05, 0) is 32.9 Å². The second-order valence-corrected chi connectivity index (χ2v) is 4.99. The molecule has 0 radical (unpaired) electrons. The number of pyridine rings is 1. The van der Waals surface area contributed by atoms with Gasteiger partial charge >= 0.3 is 0 Å². The smallest absolute Gasteiger partial charge is 0.0674 e. The third kappa shape index (κ3) is 3.43. The van der Waals surface area contributed by atoms with Gasteiger partial charge in [-0.3, -0.25) is 9.88 Å². The van der Waals surface area contributed by atoms with E-state index >= 15 is 0 Å². The zero-order valence-corrected chi connectivity index (χ0v) is 11.5. The van der Waals surface area contributed by atoms with Gasteiger partial charge in [-0.2, -0.15) is 0 Å². The molecule has 0 bridgehead atoms. The molecule has 100 valence electrons. The minimum absolute atomic E-state index is 0.318. The lowest BCUT2D eigenvalue weighted by Gasteiger charge is -2.36. The van der Waals surface area contributed by atoms with E-state index in [2.05, 4.69) is 42.0 Å². The van der Waals surface area contributed by atoms with E-state index in [0.29, 0.717) is 12.1 Å². The molecule has 1 aliphatic rings. The van der Waals surface area contributed by atoms with Crippen molar-refractivity contribution in [3.63, 3.8) is 0 Å². The molecule has 0 amide bonds. The minimum Gasteiger partial charge on any atom is -0.385 e. The molecule has 1 aliphatic heterocycles. The summed E-state index contributed by atoms with van der Waals surface area (Å²) in [6, 6.07) is 4.61. The Kier molecular flexibility index (Phi) is 4.55. The summed E-state index contributed by atoms with van der Waals surface area (Å²) >= 11 is 0. The van der Waals surface area contributed by atoms with E-state index in [0.717, 1.165) is 37.6 Å². The second kappa shape index (κ2) is 6.16. The van der Waals surface area contributed by atoms with Crippen molar-refractivity contribution in [2.45, 2.75) is 39.5 Å². The molecule has 0 spiro atoms. The van der Waals surface area contributed by atoms with Crippen LogP contribution in [0.3, 0.4) is 0 Å². The first-order chi connectivity index (χ1) is 8.69. The Bertz CT molecular complexity index is 383. The predicted octanol–water partition coefficient (Wildman–Crippen LogP) is 2.12. The molecule has 1 N–H and O–H groups in total. The lowest BCUT2D eigenvalue weighted by Crippen LogP contribution is -2.46. The SMILES string of the molecule is CCNc1ccnc(CN2CC(C)OCC2C)c1. The average molecular weight is 249 g/mol. The summed E-state index contributed by atoms with van der Waals surface area (Å²) in [6.45, 7) is 10.1. The molecule has 2 atom stereocenters. The van der Waals surface area contributed by atoms with Crippen molar-refractivity contribution in [2.24, 2.45) is 0 Å². The lowest BCUT2D eigenvalue weighted by molar-refractivity contribution is -0.0530. The molecular formula is C14H23N3O. The van der Waals surface area contributed by atoms with Gasteiger partial charge in [0, 0.05) is 37.6 Å². The highest BCUT2D eigenvalue weighted by Crippen LogP contribution is 2.16. The normalized spacial score (nSPS) is 25.1. The zero-order valence-electron chi connectivity index (χ0n) is 11.5. The van der Waals surface area contributed by atoms with Gasteiger partial charge in [0.2, 0.25) is 0 Å². The van der Waals surface area contributed by atoms with Gasteiger partial charge < -0.3 is 10.1 Å². The number of morpholine rings is 1. The Morgan fingerprint density at radius 1 is 1.50 bits per heavy atom. The Balaban J connectivity index is 2.01. The molecule has 4 nitrogen and oxygen atoms in total. The fourth-order valence-electron chi connectivity index (χ4n) is 2.28. The zero-order chi connectivity index (χ0) is 13.0. The van der Waals surface area contributed by atoms with Crippen LogP contribution in [0.2, 0.25) is 0 Å². The Morgan fingerprint density at radius 2 is 2.33 bits per heavy atom. The largest absolute Gasteiger partial charge is 0.385 e. The van der Waals surface area contributed by atoms with Gasteiger partial charge in [0.1, 0.15) is 0 Å². The molecule has 0 saturated carbocycles. The summed E-state index contributed by atoms with van der Waals surface area (Å²) in [5.74, 6) is 0. The Labute approximate surface area is 109 Å². The van der Waals surface area contributed by atoms with Crippen molar-refractivity contribution in [1.29, 1.82) is 0 Å². The summed E-state index contributed by atoms with van der Waals surface area (Å²) in [6.07, 6.45) is 2.19. The van der Waals surface area contributed by atoms with Crippen molar-refractivity contribution < 1.29 is 4.74 Å². The van der Waals surface area contributed by atoms with Crippen molar-refractivity contribution in [2.75, 3.05) is 25.0 Å². The molecule has 0 aliphatic carbocycles. The molecule has 1 aromatic rings. The van der Waals surface area contributed by atoms with E-state index in [1.807, 2.05) is 12.3 Å². The van der Waals surface area contributed by atoms with Crippen molar-refractivity contribution >= 4 is 5.69 Å². The number of rotatable bonds is 4. The van der Waals surface area contributed by atoms with Gasteiger partial charge in [-0.15, -0.1) is 0 Å². The van der Waals surface area contributed by atoms with E-state index < -0.39 is 0 Å². The van der Waals surface area contributed by atoms with Gasteiger partial charge in [0.25, 0.3) is 0 Å². The molecule has 18 heavy (non-hydrogen) atoms. The monoisotopic (exact) mass is 249 g/mol. The van der Waals surface area contributed by atoms with Gasteiger partial charge in [-0.25, -0.2) is 0 Å². The van der Waals surface area contributed by atoms with E-state index in [1.165, 1.54) is 0 Å². The first kappa shape index (κ1) is 13.3. The topological polar surface area (TPSA) is 37.4 Å². The number of hydrogen-bond acceptors (Lipinski definition) is 4. The highest BCUT2D eigenvalue weighted by atomic mass is 16.5. The van der Waals surface area contributed by atoms with Crippen LogP contribution in [0.25, 0.3) is 0 Å². The summed E-state index contributed by atoms with van der Waals surface area (Å²) in [4.78, 5) is 6.89. The van der Waals surface area contributed by atoms with Crippen LogP contribution in [0.1, 0.15) is 26.5 Å². The maximum atomic E-state index is 5.65. The van der Waals surface area contributed by atoms with Crippen molar-refractivity contribution in [1.82, 2.24) is 9.88 Å². The molecule has 2 heterocycles. The van der Waals surface area contributed by atoms with Gasteiger partial charge in [-0.1, -0.05) is 0 Å². The fourth-order valence-corrected chi connectivity index (χ4v) is 2.28. The summed E-state index contributed by atoms with van der Waals surface area (Å²) in [7, 11) is 0. The minimum atomic E-state index is 0.318. The highest BCUT2D eigenvalue weighted by molar-refractivity contribution is 5.42. The molecule has 2 rings (SSSR count). The molecule has 4 heteroatoms. The number of ether oxygens (including phenoxy) is 1. The quantitative estimate of drug-likeness (QED) is 0.887. The molecule has 1 saturated heterocycles. The number of hydrogen-bond donors (Lipinski definition) is 1.